The molecule has 0 saturated heterocycles. The van der Waals surface area contributed by atoms with Crippen LogP contribution in [0.1, 0.15) is 44.4 Å². The Morgan fingerprint density at radius 1 is 0.808 bits per heavy atom. The van der Waals surface area contributed by atoms with Crippen LogP contribution >= 0.6 is 0 Å². The van der Waals surface area contributed by atoms with Crippen LogP contribution in [0.15, 0.2) is 60.8 Å². The van der Waals surface area contributed by atoms with Gasteiger partial charge in [0.05, 0.1) is 0 Å². The molecule has 0 bridgehead atoms. The lowest BCUT2D eigenvalue weighted by Gasteiger charge is -2.08. The SMILES string of the molecule is CCCCCc1ccc(-c2ccc(-c3ccc(CC)nc3)cc2)c(F)c1. The van der Waals surface area contributed by atoms with E-state index in [0.717, 1.165) is 47.2 Å². The van der Waals surface area contributed by atoms with E-state index in [1.165, 1.54) is 12.8 Å². The normalized spacial score (nSPS) is 10.9. The van der Waals surface area contributed by atoms with Crippen molar-refractivity contribution in [2.45, 2.75) is 46.0 Å². The molecule has 0 amide bonds. The molecule has 0 N–H and O–H groups in total. The number of halogens is 1. The summed E-state index contributed by atoms with van der Waals surface area (Å²) >= 11 is 0. The zero-order chi connectivity index (χ0) is 18.4. The number of hydrogen-bond donors (Lipinski definition) is 0. The molecule has 26 heavy (non-hydrogen) atoms. The van der Waals surface area contributed by atoms with Gasteiger partial charge in [-0.1, -0.05) is 69.2 Å². The highest BCUT2D eigenvalue weighted by Crippen LogP contribution is 2.27. The smallest absolute Gasteiger partial charge is 0.131 e. The van der Waals surface area contributed by atoms with Crippen molar-refractivity contribution in [3.8, 4) is 22.3 Å². The minimum Gasteiger partial charge on any atom is -0.261 e. The van der Waals surface area contributed by atoms with E-state index < -0.39 is 0 Å². The zero-order valence-electron chi connectivity index (χ0n) is 15.6. The van der Waals surface area contributed by atoms with Gasteiger partial charge in [0.25, 0.3) is 0 Å². The minimum atomic E-state index is -0.138. The van der Waals surface area contributed by atoms with E-state index in [4.69, 9.17) is 0 Å². The summed E-state index contributed by atoms with van der Waals surface area (Å²) in [7, 11) is 0. The molecule has 0 aliphatic rings. The molecule has 3 aromatic rings. The van der Waals surface area contributed by atoms with Crippen molar-refractivity contribution in [2.24, 2.45) is 0 Å². The van der Waals surface area contributed by atoms with Gasteiger partial charge in [0.15, 0.2) is 0 Å². The zero-order valence-corrected chi connectivity index (χ0v) is 15.6. The molecule has 2 aromatic carbocycles. The molecule has 1 aromatic heterocycles. The Kier molecular flexibility index (Phi) is 6.17. The van der Waals surface area contributed by atoms with Crippen LogP contribution in [0.25, 0.3) is 22.3 Å². The molecule has 2 heteroatoms. The Balaban J connectivity index is 1.77. The molecule has 0 radical (unpaired) electrons. The van der Waals surface area contributed by atoms with Crippen molar-refractivity contribution < 1.29 is 4.39 Å². The maximum atomic E-state index is 14.5. The summed E-state index contributed by atoms with van der Waals surface area (Å²) < 4.78 is 14.5. The lowest BCUT2D eigenvalue weighted by Crippen LogP contribution is -1.91. The van der Waals surface area contributed by atoms with Crippen molar-refractivity contribution in [1.29, 1.82) is 0 Å². The Hall–Kier alpha value is -2.48. The Morgan fingerprint density at radius 3 is 2.15 bits per heavy atom. The van der Waals surface area contributed by atoms with Crippen LogP contribution in [0, 0.1) is 5.82 Å². The molecule has 134 valence electrons. The topological polar surface area (TPSA) is 12.9 Å². The van der Waals surface area contributed by atoms with Crippen molar-refractivity contribution in [1.82, 2.24) is 4.98 Å². The molecular weight excluding hydrogens is 321 g/mol. The predicted molar refractivity (Wildman–Crippen MR) is 108 cm³/mol. The van der Waals surface area contributed by atoms with Gasteiger partial charge in [-0.15, -0.1) is 0 Å². The van der Waals surface area contributed by atoms with Crippen molar-refractivity contribution in [3.05, 3.63) is 77.9 Å². The minimum absolute atomic E-state index is 0.138. The number of pyridine rings is 1. The first kappa shape index (κ1) is 18.3. The third kappa shape index (κ3) is 4.37. The summed E-state index contributed by atoms with van der Waals surface area (Å²) in [5, 5.41) is 0. The fourth-order valence-electron chi connectivity index (χ4n) is 3.17. The average Bonchev–Trinajstić information content (AvgIpc) is 2.69. The quantitative estimate of drug-likeness (QED) is 0.426. The molecule has 0 aliphatic carbocycles. The number of rotatable bonds is 7. The van der Waals surface area contributed by atoms with Gasteiger partial charge in [-0.2, -0.15) is 0 Å². The lowest BCUT2D eigenvalue weighted by molar-refractivity contribution is 0.626. The van der Waals surface area contributed by atoms with Crippen LogP contribution in [0.5, 0.6) is 0 Å². The fourth-order valence-corrected chi connectivity index (χ4v) is 3.17. The van der Waals surface area contributed by atoms with Gasteiger partial charge in [0.2, 0.25) is 0 Å². The van der Waals surface area contributed by atoms with Crippen LogP contribution in [-0.2, 0) is 12.8 Å². The van der Waals surface area contributed by atoms with E-state index in [2.05, 4.69) is 37.0 Å². The first-order valence-corrected chi connectivity index (χ1v) is 9.55. The van der Waals surface area contributed by atoms with Gasteiger partial charge >= 0.3 is 0 Å². The summed E-state index contributed by atoms with van der Waals surface area (Å²) in [4.78, 5) is 4.45. The maximum absolute atomic E-state index is 14.5. The Labute approximate surface area is 155 Å². The first-order valence-electron chi connectivity index (χ1n) is 9.55. The molecule has 0 saturated carbocycles. The van der Waals surface area contributed by atoms with Gasteiger partial charge in [-0.3, -0.25) is 4.98 Å². The largest absolute Gasteiger partial charge is 0.261 e. The van der Waals surface area contributed by atoms with Crippen LogP contribution in [0.2, 0.25) is 0 Å². The summed E-state index contributed by atoms with van der Waals surface area (Å²) in [6.07, 6.45) is 7.29. The molecule has 0 atom stereocenters. The third-order valence-electron chi connectivity index (χ3n) is 4.82. The Morgan fingerprint density at radius 2 is 1.54 bits per heavy atom. The number of unbranched alkanes of at least 4 members (excludes halogenated alkanes) is 2. The second kappa shape index (κ2) is 8.75. The van der Waals surface area contributed by atoms with Gasteiger partial charge in [-0.25, -0.2) is 4.39 Å². The molecule has 1 heterocycles. The highest BCUT2D eigenvalue weighted by molar-refractivity contribution is 5.70. The van der Waals surface area contributed by atoms with E-state index in [1.807, 2.05) is 36.5 Å². The second-order valence-electron chi connectivity index (χ2n) is 6.74. The van der Waals surface area contributed by atoms with E-state index in [0.29, 0.717) is 5.56 Å². The molecule has 0 spiro atoms. The van der Waals surface area contributed by atoms with Crippen LogP contribution in [0.4, 0.5) is 4.39 Å². The van der Waals surface area contributed by atoms with Crippen molar-refractivity contribution >= 4 is 0 Å². The molecule has 0 unspecified atom stereocenters. The number of hydrogen-bond acceptors (Lipinski definition) is 1. The summed E-state index contributed by atoms with van der Waals surface area (Å²) in [6, 6.07) is 17.8. The molecule has 3 rings (SSSR count). The van der Waals surface area contributed by atoms with Crippen molar-refractivity contribution in [3.63, 3.8) is 0 Å². The van der Waals surface area contributed by atoms with Gasteiger partial charge in [0, 0.05) is 23.0 Å². The van der Waals surface area contributed by atoms with Gasteiger partial charge in [-0.05, 0) is 48.1 Å². The first-order chi connectivity index (χ1) is 12.7. The number of benzene rings is 2. The molecule has 0 aliphatic heterocycles. The number of aryl methyl sites for hydroxylation is 2. The number of nitrogens with zero attached hydrogens (tertiary/aromatic N) is 1. The predicted octanol–water partition coefficient (Wildman–Crippen LogP) is 6.85. The van der Waals surface area contributed by atoms with Gasteiger partial charge < -0.3 is 0 Å². The second-order valence-corrected chi connectivity index (χ2v) is 6.74. The summed E-state index contributed by atoms with van der Waals surface area (Å²) in [6.45, 7) is 4.28. The Bertz CT molecular complexity index is 835. The summed E-state index contributed by atoms with van der Waals surface area (Å²) in [5.74, 6) is -0.138. The average molecular weight is 347 g/mol. The fraction of sp³-hybridized carbons (Fsp3) is 0.292. The van der Waals surface area contributed by atoms with E-state index in [9.17, 15) is 4.39 Å². The highest BCUT2D eigenvalue weighted by atomic mass is 19.1. The van der Waals surface area contributed by atoms with E-state index >= 15 is 0 Å². The molecular formula is C24H26FN. The van der Waals surface area contributed by atoms with Crippen LogP contribution < -0.4 is 0 Å². The maximum Gasteiger partial charge on any atom is 0.131 e. The molecule has 0 fully saturated rings. The standard InChI is InChI=1S/C24H26FN/c1-3-5-6-7-18-8-15-23(24(25)16-18)20-11-9-19(10-12-20)21-13-14-22(4-2)26-17-21/h8-17H,3-7H2,1-2H3. The van der Waals surface area contributed by atoms with Crippen LogP contribution in [-0.4, -0.2) is 4.98 Å². The van der Waals surface area contributed by atoms with E-state index in [1.54, 1.807) is 6.07 Å². The van der Waals surface area contributed by atoms with Crippen molar-refractivity contribution in [2.75, 3.05) is 0 Å². The lowest BCUT2D eigenvalue weighted by atomic mass is 9.98. The van der Waals surface area contributed by atoms with Gasteiger partial charge in [0.1, 0.15) is 5.82 Å². The van der Waals surface area contributed by atoms with Crippen LogP contribution in [0.3, 0.4) is 0 Å². The highest BCUT2D eigenvalue weighted by Gasteiger charge is 2.07. The third-order valence-corrected chi connectivity index (χ3v) is 4.82. The number of aromatic nitrogens is 1. The molecule has 1 nitrogen and oxygen atoms in total. The van der Waals surface area contributed by atoms with E-state index in [-0.39, 0.29) is 5.82 Å². The monoisotopic (exact) mass is 347 g/mol. The summed E-state index contributed by atoms with van der Waals surface area (Å²) in [5.41, 5.74) is 5.92.